The number of nitrogens with two attached hydrogens (primary N) is 1. The summed E-state index contributed by atoms with van der Waals surface area (Å²) in [6.07, 6.45) is 10.0. The van der Waals surface area contributed by atoms with Crippen molar-refractivity contribution in [1.82, 2.24) is 4.98 Å². The van der Waals surface area contributed by atoms with E-state index in [2.05, 4.69) is 11.1 Å². The van der Waals surface area contributed by atoms with E-state index >= 15 is 0 Å². The number of esters is 1. The molecule has 2 aromatic heterocycles. The molecule has 3 heterocycles. The van der Waals surface area contributed by atoms with E-state index in [1.807, 2.05) is 11.0 Å². The van der Waals surface area contributed by atoms with Gasteiger partial charge in [0.25, 0.3) is 0 Å². The number of Topliss-reactive ketones (excluding diaryl/α,β-unsaturated/α-hetero) is 1. The molecular weight excluding hydrogens is 460 g/mol. The fourth-order valence-electron chi connectivity index (χ4n) is 5.50. The molecule has 0 aromatic carbocycles. The zero-order valence-corrected chi connectivity index (χ0v) is 20.6. The van der Waals surface area contributed by atoms with Gasteiger partial charge in [-0.1, -0.05) is 12.5 Å². The standard InChI is InChI=1S/C27H28N4O3S/c1-2-34-27(33)23-17-9-4-3-5-12-21(17)35-26(23)31-19-10-6-11-20(32)24(19)22(18(14-28)25(31)29)16-8-7-13-30-15-16/h7-8,13,15,22H,2-6,9-12,29H2,1H3/t22-/m0/s1. The van der Waals surface area contributed by atoms with E-state index in [4.69, 9.17) is 10.5 Å². The molecule has 3 aliphatic rings. The fourth-order valence-corrected chi connectivity index (χ4v) is 6.91. The third-order valence-electron chi connectivity index (χ3n) is 7.02. The molecule has 5 rings (SSSR count). The van der Waals surface area contributed by atoms with Gasteiger partial charge in [-0.15, -0.1) is 11.3 Å². The molecule has 2 aromatic rings. The monoisotopic (exact) mass is 488 g/mol. The van der Waals surface area contributed by atoms with Gasteiger partial charge in [0, 0.05) is 35.0 Å². The lowest BCUT2D eigenvalue weighted by Crippen LogP contribution is -2.39. The van der Waals surface area contributed by atoms with Crippen LogP contribution in [0.15, 0.2) is 47.2 Å². The Morgan fingerprint density at radius 3 is 2.83 bits per heavy atom. The lowest BCUT2D eigenvalue weighted by molar-refractivity contribution is -0.116. The van der Waals surface area contributed by atoms with Gasteiger partial charge in [-0.05, 0) is 62.6 Å². The van der Waals surface area contributed by atoms with Crippen LogP contribution in [0.5, 0.6) is 0 Å². The van der Waals surface area contributed by atoms with Crippen LogP contribution in [0.3, 0.4) is 0 Å². The molecule has 7 nitrogen and oxygen atoms in total. The molecule has 0 bridgehead atoms. The summed E-state index contributed by atoms with van der Waals surface area (Å²) in [5.74, 6) is -0.638. The van der Waals surface area contributed by atoms with Crippen LogP contribution in [0, 0.1) is 11.3 Å². The first-order valence-corrected chi connectivity index (χ1v) is 13.1. The van der Waals surface area contributed by atoms with Crippen molar-refractivity contribution in [3.8, 4) is 6.07 Å². The molecule has 1 aliphatic heterocycles. The van der Waals surface area contributed by atoms with Gasteiger partial charge in [-0.2, -0.15) is 5.26 Å². The van der Waals surface area contributed by atoms with Gasteiger partial charge in [0.2, 0.25) is 0 Å². The van der Waals surface area contributed by atoms with E-state index in [1.165, 1.54) is 4.88 Å². The highest BCUT2D eigenvalue weighted by atomic mass is 32.1. The Kier molecular flexibility index (Phi) is 6.44. The second-order valence-corrected chi connectivity index (χ2v) is 10.2. The third-order valence-corrected chi connectivity index (χ3v) is 8.29. The highest BCUT2D eigenvalue weighted by Crippen LogP contribution is 2.50. The number of carbonyl (C=O) groups excluding carboxylic acids is 2. The zero-order valence-electron chi connectivity index (χ0n) is 19.8. The number of ether oxygens (including phenoxy) is 1. The Labute approximate surface area is 208 Å². The summed E-state index contributed by atoms with van der Waals surface area (Å²) in [5, 5.41) is 10.9. The lowest BCUT2D eigenvalue weighted by Gasteiger charge is -2.39. The van der Waals surface area contributed by atoms with Crippen LogP contribution in [-0.2, 0) is 22.4 Å². The number of carbonyl (C=O) groups is 2. The average Bonchev–Trinajstić information content (AvgIpc) is 3.05. The third kappa shape index (κ3) is 3.94. The fraction of sp³-hybridized carbons (Fsp3) is 0.407. The van der Waals surface area contributed by atoms with Gasteiger partial charge in [0.05, 0.1) is 29.7 Å². The van der Waals surface area contributed by atoms with Crippen molar-refractivity contribution in [1.29, 1.82) is 5.26 Å². The topological polar surface area (TPSA) is 109 Å². The molecule has 0 spiro atoms. The van der Waals surface area contributed by atoms with E-state index in [9.17, 15) is 14.9 Å². The van der Waals surface area contributed by atoms with Crippen LogP contribution in [0.25, 0.3) is 0 Å². The number of aromatic nitrogens is 1. The van der Waals surface area contributed by atoms with E-state index in [1.54, 1.807) is 36.7 Å². The van der Waals surface area contributed by atoms with Crippen molar-refractivity contribution in [3.63, 3.8) is 0 Å². The second-order valence-electron chi connectivity index (χ2n) is 9.07. The molecule has 1 atom stereocenters. The molecular formula is C27H28N4O3S. The highest BCUT2D eigenvalue weighted by molar-refractivity contribution is 7.16. The van der Waals surface area contributed by atoms with Crippen LogP contribution in [0.1, 0.15) is 77.7 Å². The molecule has 0 saturated carbocycles. The molecule has 0 unspecified atom stereocenters. The number of thiophene rings is 1. The van der Waals surface area contributed by atoms with Gasteiger partial charge < -0.3 is 10.5 Å². The molecule has 0 amide bonds. The molecule has 0 fully saturated rings. The summed E-state index contributed by atoms with van der Waals surface area (Å²) in [5.41, 5.74) is 10.8. The summed E-state index contributed by atoms with van der Waals surface area (Å²) in [6, 6.07) is 5.97. The number of nitriles is 1. The maximum Gasteiger partial charge on any atom is 0.341 e. The van der Waals surface area contributed by atoms with E-state index in [0.29, 0.717) is 41.0 Å². The van der Waals surface area contributed by atoms with Crippen LogP contribution in [-0.4, -0.2) is 23.3 Å². The normalized spacial score (nSPS) is 20.2. The number of rotatable bonds is 4. The van der Waals surface area contributed by atoms with Gasteiger partial charge in [0.1, 0.15) is 10.8 Å². The Bertz CT molecular complexity index is 1290. The Hall–Kier alpha value is -3.44. The number of anilines is 1. The number of ketones is 1. The maximum absolute atomic E-state index is 13.4. The molecule has 2 N–H and O–H groups in total. The van der Waals surface area contributed by atoms with Crippen molar-refractivity contribution >= 4 is 28.1 Å². The molecule has 35 heavy (non-hydrogen) atoms. The van der Waals surface area contributed by atoms with Crippen molar-refractivity contribution in [3.05, 3.63) is 68.8 Å². The minimum absolute atomic E-state index is 0.0150. The molecule has 180 valence electrons. The van der Waals surface area contributed by atoms with Crippen molar-refractivity contribution < 1.29 is 14.3 Å². The van der Waals surface area contributed by atoms with Gasteiger partial charge in [-0.3, -0.25) is 14.7 Å². The summed E-state index contributed by atoms with van der Waals surface area (Å²) >= 11 is 1.55. The average molecular weight is 489 g/mol. The molecule has 8 heteroatoms. The van der Waals surface area contributed by atoms with Gasteiger partial charge >= 0.3 is 5.97 Å². The van der Waals surface area contributed by atoms with Crippen LogP contribution < -0.4 is 10.6 Å². The van der Waals surface area contributed by atoms with E-state index in [-0.39, 0.29) is 24.2 Å². The second kappa shape index (κ2) is 9.67. The Morgan fingerprint density at radius 1 is 1.26 bits per heavy atom. The predicted molar refractivity (Wildman–Crippen MR) is 134 cm³/mol. The zero-order chi connectivity index (χ0) is 24.5. The van der Waals surface area contributed by atoms with Crippen molar-refractivity contribution in [2.24, 2.45) is 5.73 Å². The van der Waals surface area contributed by atoms with E-state index < -0.39 is 5.92 Å². The number of fused-ring (bicyclic) bond motifs is 1. The SMILES string of the molecule is CCOC(=O)c1c(N2C(N)=C(C#N)[C@H](c3cccnc3)C3=C2CCCC3=O)sc2c1CCCCC2. The number of hydrogen-bond acceptors (Lipinski definition) is 8. The Balaban J connectivity index is 1.76. The predicted octanol–water partition coefficient (Wildman–Crippen LogP) is 4.89. The smallest absolute Gasteiger partial charge is 0.341 e. The minimum atomic E-state index is -0.559. The van der Waals surface area contributed by atoms with Crippen molar-refractivity contribution in [2.75, 3.05) is 11.5 Å². The summed E-state index contributed by atoms with van der Waals surface area (Å²) < 4.78 is 5.49. The van der Waals surface area contributed by atoms with Crippen LogP contribution >= 0.6 is 11.3 Å². The molecule has 0 radical (unpaired) electrons. The number of allylic oxidation sites excluding steroid dienone is 3. The van der Waals surface area contributed by atoms with Crippen LogP contribution in [0.2, 0.25) is 0 Å². The summed E-state index contributed by atoms with van der Waals surface area (Å²) in [6.45, 7) is 2.07. The highest BCUT2D eigenvalue weighted by Gasteiger charge is 2.42. The quantitative estimate of drug-likeness (QED) is 0.482. The van der Waals surface area contributed by atoms with Crippen LogP contribution in [0.4, 0.5) is 5.00 Å². The van der Waals surface area contributed by atoms with E-state index in [0.717, 1.165) is 48.9 Å². The number of pyridine rings is 1. The van der Waals surface area contributed by atoms with Crippen molar-refractivity contribution in [2.45, 2.75) is 64.2 Å². The Morgan fingerprint density at radius 2 is 2.09 bits per heavy atom. The largest absolute Gasteiger partial charge is 0.462 e. The first kappa shape index (κ1) is 23.3. The minimum Gasteiger partial charge on any atom is -0.462 e. The first-order valence-electron chi connectivity index (χ1n) is 12.2. The maximum atomic E-state index is 13.4. The molecule has 2 aliphatic carbocycles. The van der Waals surface area contributed by atoms with Gasteiger partial charge in [-0.25, -0.2) is 4.79 Å². The lowest BCUT2D eigenvalue weighted by atomic mass is 9.76. The summed E-state index contributed by atoms with van der Waals surface area (Å²) in [4.78, 5) is 33.8. The number of aryl methyl sites for hydroxylation is 1. The number of nitrogens with zero attached hydrogens (tertiary/aromatic N) is 3. The first-order chi connectivity index (χ1) is 17.1. The molecule has 0 saturated heterocycles. The number of hydrogen-bond donors (Lipinski definition) is 1. The van der Waals surface area contributed by atoms with Gasteiger partial charge in [0.15, 0.2) is 5.78 Å². The summed E-state index contributed by atoms with van der Waals surface area (Å²) in [7, 11) is 0.